The van der Waals surface area contributed by atoms with Crippen molar-refractivity contribution in [2.75, 3.05) is 0 Å². The number of hydrogen-bond donors (Lipinski definition) is 0. The number of rotatable bonds is 7. The van der Waals surface area contributed by atoms with Crippen LogP contribution in [0.15, 0.2) is 24.3 Å². The topological polar surface area (TPSA) is 43.4 Å². The van der Waals surface area contributed by atoms with E-state index in [1.165, 1.54) is 0 Å². The lowest BCUT2D eigenvalue weighted by atomic mass is 10.1. The molecule has 0 aliphatic heterocycles. The van der Waals surface area contributed by atoms with E-state index in [0.717, 1.165) is 0 Å². The minimum absolute atomic E-state index is 0.0771. The Balaban J connectivity index is 3.85. The van der Waals surface area contributed by atoms with Gasteiger partial charge in [0, 0.05) is 6.42 Å². The SMILES string of the molecule is CC(C)/C=C\C=C\CCC(=O)CC(=O)OC(C)(C)C. The van der Waals surface area contributed by atoms with Crippen molar-refractivity contribution in [1.29, 1.82) is 0 Å². The summed E-state index contributed by atoms with van der Waals surface area (Å²) in [4.78, 5) is 22.9. The molecule has 0 atom stereocenters. The summed E-state index contributed by atoms with van der Waals surface area (Å²) in [5.74, 6) is 0.00590. The number of carbonyl (C=O) groups excluding carboxylic acids is 2. The molecular weight excluding hydrogens is 240 g/mol. The van der Waals surface area contributed by atoms with E-state index in [9.17, 15) is 9.59 Å². The molecule has 0 spiro atoms. The molecule has 0 saturated heterocycles. The Hall–Kier alpha value is -1.38. The summed E-state index contributed by atoms with van der Waals surface area (Å²) in [6.45, 7) is 9.58. The molecule has 0 bridgehead atoms. The summed E-state index contributed by atoms with van der Waals surface area (Å²) in [7, 11) is 0. The molecule has 108 valence electrons. The van der Waals surface area contributed by atoms with Gasteiger partial charge in [-0.3, -0.25) is 9.59 Å². The first-order chi connectivity index (χ1) is 8.70. The standard InChI is InChI=1S/C16H26O3/c1-13(2)10-8-6-7-9-11-14(17)12-15(18)19-16(3,4)5/h6-8,10,13H,9,11-12H2,1-5H3/b7-6+,10-8-. The molecular formula is C16H26O3. The van der Waals surface area contributed by atoms with E-state index in [-0.39, 0.29) is 12.2 Å². The monoisotopic (exact) mass is 266 g/mol. The van der Waals surface area contributed by atoms with Crippen LogP contribution in [0.25, 0.3) is 0 Å². The highest BCUT2D eigenvalue weighted by Crippen LogP contribution is 2.09. The maximum atomic E-state index is 11.5. The van der Waals surface area contributed by atoms with E-state index in [1.807, 2.05) is 18.2 Å². The van der Waals surface area contributed by atoms with Crippen molar-refractivity contribution in [1.82, 2.24) is 0 Å². The van der Waals surface area contributed by atoms with Crippen LogP contribution in [-0.2, 0) is 14.3 Å². The summed E-state index contributed by atoms with van der Waals surface area (Å²) in [6, 6.07) is 0. The second kappa shape index (κ2) is 8.68. The van der Waals surface area contributed by atoms with Gasteiger partial charge < -0.3 is 4.74 Å². The van der Waals surface area contributed by atoms with Gasteiger partial charge in [0.25, 0.3) is 0 Å². The highest BCUT2D eigenvalue weighted by molar-refractivity contribution is 5.95. The molecule has 19 heavy (non-hydrogen) atoms. The Morgan fingerprint density at radius 1 is 1.16 bits per heavy atom. The molecule has 0 aromatic rings. The number of ketones is 1. The quantitative estimate of drug-likeness (QED) is 0.399. The predicted octanol–water partition coefficient (Wildman–Crippen LogP) is 3.84. The van der Waals surface area contributed by atoms with Crippen LogP contribution in [-0.4, -0.2) is 17.4 Å². The van der Waals surface area contributed by atoms with Crippen LogP contribution < -0.4 is 0 Å². The molecule has 0 aromatic heterocycles. The molecule has 0 saturated carbocycles. The van der Waals surface area contributed by atoms with Crippen molar-refractivity contribution in [3.8, 4) is 0 Å². The normalized spacial score (nSPS) is 12.5. The predicted molar refractivity (Wildman–Crippen MR) is 77.8 cm³/mol. The summed E-state index contributed by atoms with van der Waals surface area (Å²) in [5.41, 5.74) is -0.529. The lowest BCUT2D eigenvalue weighted by molar-refractivity contribution is -0.156. The average molecular weight is 266 g/mol. The van der Waals surface area contributed by atoms with Gasteiger partial charge in [0.05, 0.1) is 0 Å². The smallest absolute Gasteiger partial charge is 0.313 e. The van der Waals surface area contributed by atoms with E-state index >= 15 is 0 Å². The molecule has 0 unspecified atom stereocenters. The summed E-state index contributed by atoms with van der Waals surface area (Å²) >= 11 is 0. The van der Waals surface area contributed by atoms with Gasteiger partial charge in [-0.15, -0.1) is 0 Å². The molecule has 0 amide bonds. The zero-order valence-corrected chi connectivity index (χ0v) is 12.7. The zero-order valence-electron chi connectivity index (χ0n) is 12.7. The van der Waals surface area contributed by atoms with Gasteiger partial charge in [-0.1, -0.05) is 38.2 Å². The van der Waals surface area contributed by atoms with Gasteiger partial charge in [-0.25, -0.2) is 0 Å². The molecule has 0 radical (unpaired) electrons. The molecule has 0 aliphatic carbocycles. The van der Waals surface area contributed by atoms with E-state index < -0.39 is 11.6 Å². The van der Waals surface area contributed by atoms with Gasteiger partial charge in [0.15, 0.2) is 0 Å². The molecule has 3 heteroatoms. The fourth-order valence-corrected chi connectivity index (χ4v) is 1.33. The van der Waals surface area contributed by atoms with E-state index in [4.69, 9.17) is 4.74 Å². The van der Waals surface area contributed by atoms with Gasteiger partial charge in [-0.05, 0) is 33.1 Å². The number of carbonyl (C=O) groups is 2. The van der Waals surface area contributed by atoms with Gasteiger partial charge in [0.1, 0.15) is 17.8 Å². The number of esters is 1. The molecule has 3 nitrogen and oxygen atoms in total. The molecule has 0 fully saturated rings. The average Bonchev–Trinajstić information content (AvgIpc) is 2.19. The molecule has 0 rings (SSSR count). The Kier molecular flexibility index (Phi) is 8.05. The fraction of sp³-hybridized carbons (Fsp3) is 0.625. The summed E-state index contributed by atoms with van der Waals surface area (Å²) < 4.78 is 5.09. The lowest BCUT2D eigenvalue weighted by Gasteiger charge is -2.19. The summed E-state index contributed by atoms with van der Waals surface area (Å²) in [6.07, 6.45) is 8.83. The molecule has 0 N–H and O–H groups in total. The fourth-order valence-electron chi connectivity index (χ4n) is 1.33. The van der Waals surface area contributed by atoms with Gasteiger partial charge >= 0.3 is 5.97 Å². The van der Waals surface area contributed by atoms with Crippen LogP contribution in [0.2, 0.25) is 0 Å². The van der Waals surface area contributed by atoms with Crippen molar-refractivity contribution in [3.05, 3.63) is 24.3 Å². The van der Waals surface area contributed by atoms with Crippen LogP contribution in [0.1, 0.15) is 53.9 Å². The Morgan fingerprint density at radius 2 is 1.79 bits per heavy atom. The summed E-state index contributed by atoms with van der Waals surface area (Å²) in [5, 5.41) is 0. The van der Waals surface area contributed by atoms with E-state index in [1.54, 1.807) is 20.8 Å². The van der Waals surface area contributed by atoms with Gasteiger partial charge in [0.2, 0.25) is 0 Å². The highest BCUT2D eigenvalue weighted by atomic mass is 16.6. The van der Waals surface area contributed by atoms with Crippen LogP contribution >= 0.6 is 0 Å². The van der Waals surface area contributed by atoms with Crippen LogP contribution in [0, 0.1) is 5.92 Å². The van der Waals surface area contributed by atoms with Gasteiger partial charge in [-0.2, -0.15) is 0 Å². The van der Waals surface area contributed by atoms with E-state index in [2.05, 4.69) is 19.9 Å². The highest BCUT2D eigenvalue weighted by Gasteiger charge is 2.18. The third-order valence-electron chi connectivity index (χ3n) is 2.09. The Labute approximate surface area is 116 Å². The van der Waals surface area contributed by atoms with Crippen LogP contribution in [0.5, 0.6) is 0 Å². The van der Waals surface area contributed by atoms with Crippen molar-refractivity contribution in [3.63, 3.8) is 0 Å². The third-order valence-corrected chi connectivity index (χ3v) is 2.09. The minimum atomic E-state index is -0.529. The van der Waals surface area contributed by atoms with Crippen LogP contribution in [0.4, 0.5) is 0 Å². The third kappa shape index (κ3) is 12.9. The lowest BCUT2D eigenvalue weighted by Crippen LogP contribution is -2.25. The first kappa shape index (κ1) is 17.6. The first-order valence-electron chi connectivity index (χ1n) is 6.77. The second-order valence-corrected chi connectivity index (χ2v) is 5.90. The number of Topliss-reactive ketones (excluding diaryl/α,β-unsaturated/α-hetero) is 1. The molecule has 0 heterocycles. The molecule has 0 aromatic carbocycles. The minimum Gasteiger partial charge on any atom is -0.460 e. The molecule has 0 aliphatic rings. The number of allylic oxidation sites excluding steroid dienone is 4. The Morgan fingerprint density at radius 3 is 2.32 bits per heavy atom. The zero-order chi connectivity index (χ0) is 14.9. The maximum absolute atomic E-state index is 11.5. The largest absolute Gasteiger partial charge is 0.460 e. The number of ether oxygens (including phenoxy) is 1. The van der Waals surface area contributed by atoms with Crippen molar-refractivity contribution < 1.29 is 14.3 Å². The number of hydrogen-bond acceptors (Lipinski definition) is 3. The van der Waals surface area contributed by atoms with Crippen molar-refractivity contribution in [2.24, 2.45) is 5.92 Å². The maximum Gasteiger partial charge on any atom is 0.313 e. The Bertz CT molecular complexity index is 343. The van der Waals surface area contributed by atoms with Crippen molar-refractivity contribution in [2.45, 2.75) is 59.5 Å². The van der Waals surface area contributed by atoms with Crippen molar-refractivity contribution >= 4 is 11.8 Å². The second-order valence-electron chi connectivity index (χ2n) is 5.90. The van der Waals surface area contributed by atoms with E-state index in [0.29, 0.717) is 18.8 Å². The van der Waals surface area contributed by atoms with Crippen LogP contribution in [0.3, 0.4) is 0 Å². The first-order valence-corrected chi connectivity index (χ1v) is 6.77.